The Hall–Kier alpha value is -1.76. The van der Waals surface area contributed by atoms with Crippen molar-refractivity contribution in [3.63, 3.8) is 0 Å². The second-order valence-electron chi connectivity index (χ2n) is 6.07. The molecule has 1 fully saturated rings. The van der Waals surface area contributed by atoms with E-state index >= 15 is 0 Å². The van der Waals surface area contributed by atoms with Crippen molar-refractivity contribution in [3.05, 3.63) is 29.0 Å². The van der Waals surface area contributed by atoms with E-state index < -0.39 is 23.0 Å². The molecule has 0 amide bonds. The Morgan fingerprint density at radius 2 is 2.12 bits per heavy atom. The number of ketones is 1. The van der Waals surface area contributed by atoms with Gasteiger partial charge in [0.15, 0.2) is 23.4 Å². The van der Waals surface area contributed by atoms with Crippen LogP contribution in [0.5, 0.6) is 0 Å². The molecule has 7 heteroatoms. The van der Waals surface area contributed by atoms with Crippen molar-refractivity contribution in [2.75, 3.05) is 6.61 Å². The lowest BCUT2D eigenvalue weighted by Gasteiger charge is -2.22. The van der Waals surface area contributed by atoms with Crippen molar-refractivity contribution in [2.24, 2.45) is 5.41 Å². The van der Waals surface area contributed by atoms with E-state index in [0.717, 1.165) is 4.47 Å². The molecule has 130 valence electrons. The molecule has 1 aliphatic rings. The maximum absolute atomic E-state index is 12.7. The quantitative estimate of drug-likeness (QED) is 0.416. The summed E-state index contributed by atoms with van der Waals surface area (Å²) in [5.41, 5.74) is -2.74. The maximum atomic E-state index is 12.7. The fraction of sp³-hybridized carbons (Fsp3) is 0.529. The van der Waals surface area contributed by atoms with E-state index in [-0.39, 0.29) is 31.8 Å². The average molecular weight is 399 g/mol. The smallest absolute Gasteiger partial charge is 0.324 e. The molecule has 0 unspecified atom stereocenters. The fourth-order valence-electron chi connectivity index (χ4n) is 2.90. The zero-order valence-electron chi connectivity index (χ0n) is 14.0. The van der Waals surface area contributed by atoms with Crippen LogP contribution in [0.15, 0.2) is 29.0 Å². The summed E-state index contributed by atoms with van der Waals surface area (Å²) in [5.74, 6) is -1.57. The lowest BCUT2D eigenvalue weighted by atomic mass is 9.77. The summed E-state index contributed by atoms with van der Waals surface area (Å²) < 4.78 is 12.9. The Kier molecular flexibility index (Phi) is 5.42. The lowest BCUT2D eigenvalue weighted by Crippen LogP contribution is -2.47. The highest BCUT2D eigenvalue weighted by atomic mass is 79.9. The molecule has 0 aliphatic carbocycles. The average Bonchev–Trinajstić information content (AvgIpc) is 2.80. The molecule has 2 atom stereocenters. The second kappa shape index (κ2) is 7.01. The minimum absolute atomic E-state index is 0.00155. The second-order valence-corrected chi connectivity index (χ2v) is 6.99. The van der Waals surface area contributed by atoms with Gasteiger partial charge in [0.25, 0.3) is 0 Å². The number of cyclic esters (lactones) is 1. The van der Waals surface area contributed by atoms with E-state index in [1.807, 2.05) is 6.07 Å². The third-order valence-electron chi connectivity index (χ3n) is 4.36. The van der Waals surface area contributed by atoms with Crippen molar-refractivity contribution in [1.82, 2.24) is 0 Å². The molecule has 0 radical (unpaired) electrons. The first-order chi connectivity index (χ1) is 11.3. The number of carbonyl (C=O) groups is 3. The largest absolute Gasteiger partial charge is 0.465 e. The van der Waals surface area contributed by atoms with Gasteiger partial charge in [-0.3, -0.25) is 14.4 Å². The predicted molar refractivity (Wildman–Crippen MR) is 87.8 cm³/mol. The van der Waals surface area contributed by atoms with Gasteiger partial charge in [-0.05, 0) is 42.3 Å². The van der Waals surface area contributed by atoms with Crippen molar-refractivity contribution in [3.8, 4) is 0 Å². The molecule has 0 N–H and O–H groups in total. The van der Waals surface area contributed by atoms with Crippen LogP contribution >= 0.6 is 15.9 Å². The van der Waals surface area contributed by atoms with Gasteiger partial charge in [0.1, 0.15) is 0 Å². The number of esters is 2. The summed E-state index contributed by atoms with van der Waals surface area (Å²) in [6, 6.07) is 3.65. The van der Waals surface area contributed by atoms with E-state index in [2.05, 4.69) is 15.9 Å². The Balaban J connectivity index is 2.22. The molecule has 0 aromatic carbocycles. The van der Waals surface area contributed by atoms with Crippen LogP contribution in [0.4, 0.5) is 0 Å². The standard InChI is InChI=1S/C17H21BrNO5/c1-4-17(14(21)23-5-2)11-16(3,24-15(17)22)13(20)10-19-8-6-7-12(18)9-19/h6-9H,4-5,10-11H2,1-3H3/q+1/t16-,17-/m0/s1. The topological polar surface area (TPSA) is 73.6 Å². The van der Waals surface area contributed by atoms with Crippen molar-refractivity contribution in [2.45, 2.75) is 45.8 Å². The van der Waals surface area contributed by atoms with Crippen molar-refractivity contribution >= 4 is 33.7 Å². The van der Waals surface area contributed by atoms with Crippen LogP contribution in [-0.4, -0.2) is 29.9 Å². The molecule has 1 aromatic heterocycles. The highest BCUT2D eigenvalue weighted by Gasteiger charge is 2.62. The summed E-state index contributed by atoms with van der Waals surface area (Å²) in [6.07, 6.45) is 3.75. The molecule has 2 heterocycles. The minimum Gasteiger partial charge on any atom is -0.465 e. The zero-order valence-corrected chi connectivity index (χ0v) is 15.6. The zero-order chi connectivity index (χ0) is 18.0. The summed E-state index contributed by atoms with van der Waals surface area (Å²) in [7, 11) is 0. The van der Waals surface area contributed by atoms with E-state index in [0.29, 0.717) is 0 Å². The molecule has 2 rings (SSSR count). The number of halogens is 1. The van der Waals surface area contributed by atoms with Gasteiger partial charge < -0.3 is 9.47 Å². The van der Waals surface area contributed by atoms with Crippen LogP contribution in [0.1, 0.15) is 33.6 Å². The fourth-order valence-corrected chi connectivity index (χ4v) is 3.32. The molecule has 24 heavy (non-hydrogen) atoms. The third-order valence-corrected chi connectivity index (χ3v) is 4.82. The van der Waals surface area contributed by atoms with Crippen LogP contribution in [0.25, 0.3) is 0 Å². The van der Waals surface area contributed by atoms with Crippen LogP contribution in [0.3, 0.4) is 0 Å². The molecule has 0 saturated carbocycles. The van der Waals surface area contributed by atoms with Gasteiger partial charge in [0, 0.05) is 12.5 Å². The maximum Gasteiger partial charge on any atom is 0.324 e. The number of hydrogen-bond acceptors (Lipinski definition) is 5. The van der Waals surface area contributed by atoms with E-state index in [1.165, 1.54) is 0 Å². The van der Waals surface area contributed by atoms with Gasteiger partial charge >= 0.3 is 11.9 Å². The monoisotopic (exact) mass is 398 g/mol. The number of ether oxygens (including phenoxy) is 2. The number of pyridine rings is 1. The number of Topliss-reactive ketones (excluding diaryl/α,β-unsaturated/α-hetero) is 1. The van der Waals surface area contributed by atoms with Crippen LogP contribution in [-0.2, 0) is 30.4 Å². The Bertz CT molecular complexity index is 677. The molecular weight excluding hydrogens is 378 g/mol. The van der Waals surface area contributed by atoms with Crippen molar-refractivity contribution in [1.29, 1.82) is 0 Å². The van der Waals surface area contributed by atoms with E-state index in [9.17, 15) is 14.4 Å². The summed E-state index contributed by atoms with van der Waals surface area (Å²) >= 11 is 3.35. The third kappa shape index (κ3) is 3.36. The van der Waals surface area contributed by atoms with Gasteiger partial charge in [-0.1, -0.05) is 6.92 Å². The molecule has 6 nitrogen and oxygen atoms in total. The Morgan fingerprint density at radius 3 is 2.71 bits per heavy atom. The normalized spacial score (nSPS) is 26.1. The van der Waals surface area contributed by atoms with Crippen molar-refractivity contribution < 1.29 is 28.4 Å². The molecule has 1 saturated heterocycles. The first-order valence-corrected chi connectivity index (χ1v) is 8.65. The minimum atomic E-state index is -1.40. The molecule has 0 spiro atoms. The summed E-state index contributed by atoms with van der Waals surface area (Å²) in [5, 5.41) is 0. The van der Waals surface area contributed by atoms with Gasteiger partial charge in [-0.2, -0.15) is 4.57 Å². The van der Waals surface area contributed by atoms with E-state index in [4.69, 9.17) is 9.47 Å². The van der Waals surface area contributed by atoms with Crippen LogP contribution in [0, 0.1) is 5.41 Å². The van der Waals surface area contributed by atoms with Gasteiger partial charge in [-0.15, -0.1) is 0 Å². The Morgan fingerprint density at radius 1 is 1.42 bits per heavy atom. The Labute approximate surface area is 149 Å². The van der Waals surface area contributed by atoms with E-state index in [1.54, 1.807) is 43.8 Å². The molecule has 1 aromatic rings. The highest BCUT2D eigenvalue weighted by Crippen LogP contribution is 2.44. The predicted octanol–water partition coefficient (Wildman–Crippen LogP) is 1.97. The van der Waals surface area contributed by atoms with Crippen LogP contribution in [0.2, 0.25) is 0 Å². The van der Waals surface area contributed by atoms with Gasteiger partial charge in [0.2, 0.25) is 12.3 Å². The SMILES string of the molecule is CCOC(=O)[C@]1(CC)C[C@@](C)(C(=O)C[n+]2cccc(Br)c2)OC1=O. The molecule has 1 aliphatic heterocycles. The van der Waals surface area contributed by atoms with Gasteiger partial charge in [-0.25, -0.2) is 0 Å². The summed E-state index contributed by atoms with van der Waals surface area (Å²) in [6.45, 7) is 5.17. The summed E-state index contributed by atoms with van der Waals surface area (Å²) in [4.78, 5) is 37.4. The van der Waals surface area contributed by atoms with Crippen LogP contribution < -0.4 is 4.57 Å². The number of nitrogens with zero attached hydrogens (tertiary/aromatic N) is 1. The van der Waals surface area contributed by atoms with Gasteiger partial charge in [0.05, 0.1) is 11.1 Å². The highest BCUT2D eigenvalue weighted by molar-refractivity contribution is 9.10. The number of hydrogen-bond donors (Lipinski definition) is 0. The first kappa shape index (κ1) is 18.6. The molecular formula is C17H21BrNO5+. The number of carbonyl (C=O) groups excluding carboxylic acids is 3. The number of rotatable bonds is 6. The number of aromatic nitrogens is 1. The lowest BCUT2D eigenvalue weighted by molar-refractivity contribution is -0.685. The first-order valence-electron chi connectivity index (χ1n) is 7.86. The molecule has 0 bridgehead atoms.